The van der Waals surface area contributed by atoms with Crippen LogP contribution in [-0.2, 0) is 6.61 Å². The first-order chi connectivity index (χ1) is 12.2. The highest BCUT2D eigenvalue weighted by Gasteiger charge is 2.14. The second-order valence-electron chi connectivity index (χ2n) is 5.59. The van der Waals surface area contributed by atoms with Crippen molar-refractivity contribution in [2.75, 3.05) is 0 Å². The third-order valence-corrected chi connectivity index (χ3v) is 4.55. The van der Waals surface area contributed by atoms with Gasteiger partial charge in [0.05, 0.1) is 5.52 Å². The second-order valence-corrected chi connectivity index (χ2v) is 6.43. The fraction of sp³-hybridized carbons (Fsp3) is 0.0500. The fourth-order valence-electron chi connectivity index (χ4n) is 2.67. The molecule has 4 aromatic rings. The number of halogens is 2. The Balaban J connectivity index is 1.77. The summed E-state index contributed by atoms with van der Waals surface area (Å²) in [5.74, 6) is 0.727. The van der Waals surface area contributed by atoms with Crippen molar-refractivity contribution in [3.8, 4) is 11.4 Å². The Bertz CT molecular complexity index is 1030. The van der Waals surface area contributed by atoms with Gasteiger partial charge in [-0.1, -0.05) is 53.5 Å². The summed E-state index contributed by atoms with van der Waals surface area (Å²) in [6.07, 6.45) is 0. The molecule has 1 heterocycles. The van der Waals surface area contributed by atoms with Crippen LogP contribution >= 0.6 is 23.2 Å². The van der Waals surface area contributed by atoms with E-state index in [1.54, 1.807) is 4.73 Å². The quantitative estimate of drug-likeness (QED) is 0.466. The lowest BCUT2D eigenvalue weighted by atomic mass is 10.2. The van der Waals surface area contributed by atoms with Gasteiger partial charge < -0.3 is 4.84 Å². The lowest BCUT2D eigenvalue weighted by Gasteiger charge is -2.12. The van der Waals surface area contributed by atoms with Crippen LogP contribution in [0.5, 0.6) is 0 Å². The molecule has 1 aromatic heterocycles. The van der Waals surface area contributed by atoms with Gasteiger partial charge in [-0.3, -0.25) is 0 Å². The van der Waals surface area contributed by atoms with Gasteiger partial charge in [-0.15, -0.1) is 0 Å². The molecule has 0 N–H and O–H groups in total. The zero-order valence-corrected chi connectivity index (χ0v) is 14.7. The Morgan fingerprint density at radius 1 is 0.840 bits per heavy atom. The standard InChI is InChI=1S/C20H14Cl2N2O/c21-16-11-9-14(10-12-16)20-23-18-7-3-4-8-19(18)24(20)25-13-15-5-1-2-6-17(15)22/h1-12H,13H2. The van der Waals surface area contributed by atoms with Crippen LogP contribution < -0.4 is 4.84 Å². The van der Waals surface area contributed by atoms with E-state index in [2.05, 4.69) is 0 Å². The maximum absolute atomic E-state index is 6.24. The topological polar surface area (TPSA) is 27.1 Å². The van der Waals surface area contributed by atoms with Crippen LogP contribution in [0.1, 0.15) is 5.56 Å². The zero-order chi connectivity index (χ0) is 17.2. The molecule has 0 radical (unpaired) electrons. The molecule has 0 atom stereocenters. The molecule has 0 saturated heterocycles. The number of hydrogen-bond donors (Lipinski definition) is 0. The molecule has 0 aliphatic carbocycles. The molecule has 0 bridgehead atoms. The number of nitrogens with zero attached hydrogens (tertiary/aromatic N) is 2. The molecular formula is C20H14Cl2N2O. The van der Waals surface area contributed by atoms with E-state index in [0.29, 0.717) is 16.7 Å². The van der Waals surface area contributed by atoms with E-state index in [0.717, 1.165) is 28.0 Å². The van der Waals surface area contributed by atoms with Crippen LogP contribution in [0.2, 0.25) is 10.0 Å². The van der Waals surface area contributed by atoms with Gasteiger partial charge in [0.25, 0.3) is 0 Å². The van der Waals surface area contributed by atoms with Crippen molar-refractivity contribution >= 4 is 34.2 Å². The molecule has 0 saturated carbocycles. The largest absolute Gasteiger partial charge is 0.407 e. The van der Waals surface area contributed by atoms with Crippen molar-refractivity contribution in [2.45, 2.75) is 6.61 Å². The number of rotatable bonds is 4. The Morgan fingerprint density at radius 3 is 2.36 bits per heavy atom. The number of benzene rings is 3. The molecule has 124 valence electrons. The molecule has 25 heavy (non-hydrogen) atoms. The molecule has 3 nitrogen and oxygen atoms in total. The van der Waals surface area contributed by atoms with Crippen molar-refractivity contribution in [1.82, 2.24) is 9.71 Å². The van der Waals surface area contributed by atoms with E-state index in [1.165, 1.54) is 0 Å². The Labute approximate surface area is 155 Å². The average molecular weight is 369 g/mol. The summed E-state index contributed by atoms with van der Waals surface area (Å²) in [5, 5.41) is 1.36. The van der Waals surface area contributed by atoms with Crippen molar-refractivity contribution in [3.05, 3.63) is 88.4 Å². The molecule has 0 amide bonds. The summed E-state index contributed by atoms with van der Waals surface area (Å²) in [6, 6.07) is 23.0. The van der Waals surface area contributed by atoms with Crippen LogP contribution in [0.15, 0.2) is 72.8 Å². The van der Waals surface area contributed by atoms with Gasteiger partial charge in [0, 0.05) is 21.2 Å². The van der Waals surface area contributed by atoms with Gasteiger partial charge in [-0.25, -0.2) is 4.98 Å². The van der Waals surface area contributed by atoms with Gasteiger partial charge in [-0.2, -0.15) is 4.73 Å². The second kappa shape index (κ2) is 6.79. The highest BCUT2D eigenvalue weighted by atomic mass is 35.5. The predicted molar refractivity (Wildman–Crippen MR) is 102 cm³/mol. The number of fused-ring (bicyclic) bond motifs is 1. The first-order valence-corrected chi connectivity index (χ1v) is 8.58. The SMILES string of the molecule is Clc1ccc(-c2nc3ccccc3n2OCc2ccccc2Cl)cc1. The van der Waals surface area contributed by atoms with Gasteiger partial charge >= 0.3 is 0 Å². The lowest BCUT2D eigenvalue weighted by molar-refractivity contribution is 0.110. The molecule has 4 rings (SSSR count). The van der Waals surface area contributed by atoms with E-state index >= 15 is 0 Å². The van der Waals surface area contributed by atoms with Crippen LogP contribution in [0.3, 0.4) is 0 Å². The third kappa shape index (κ3) is 3.21. The predicted octanol–water partition coefficient (Wildman–Crippen LogP) is 5.64. The highest BCUT2D eigenvalue weighted by molar-refractivity contribution is 6.31. The average Bonchev–Trinajstić information content (AvgIpc) is 3.00. The lowest BCUT2D eigenvalue weighted by Crippen LogP contribution is -2.12. The summed E-state index contributed by atoms with van der Waals surface area (Å²) >= 11 is 12.2. The Kier molecular flexibility index (Phi) is 4.35. The summed E-state index contributed by atoms with van der Waals surface area (Å²) in [4.78, 5) is 10.8. The first-order valence-electron chi connectivity index (χ1n) is 7.82. The summed E-state index contributed by atoms with van der Waals surface area (Å²) < 4.78 is 1.75. The number of para-hydroxylation sites is 2. The van der Waals surface area contributed by atoms with E-state index in [-0.39, 0.29) is 0 Å². The Hall–Kier alpha value is -2.49. The van der Waals surface area contributed by atoms with Crippen LogP contribution in [-0.4, -0.2) is 9.71 Å². The minimum absolute atomic E-state index is 0.348. The van der Waals surface area contributed by atoms with Crippen LogP contribution in [0.4, 0.5) is 0 Å². The molecule has 0 aliphatic rings. The molecule has 0 unspecified atom stereocenters. The number of imidazole rings is 1. The Morgan fingerprint density at radius 2 is 1.56 bits per heavy atom. The smallest absolute Gasteiger partial charge is 0.176 e. The molecule has 0 aliphatic heterocycles. The minimum atomic E-state index is 0.348. The molecule has 3 aromatic carbocycles. The van der Waals surface area contributed by atoms with E-state index < -0.39 is 0 Å². The van der Waals surface area contributed by atoms with Crippen molar-refractivity contribution in [2.24, 2.45) is 0 Å². The third-order valence-electron chi connectivity index (χ3n) is 3.93. The van der Waals surface area contributed by atoms with Gasteiger partial charge in [0.15, 0.2) is 5.82 Å². The monoisotopic (exact) mass is 368 g/mol. The maximum atomic E-state index is 6.24. The van der Waals surface area contributed by atoms with Crippen molar-refractivity contribution < 1.29 is 4.84 Å². The molecule has 5 heteroatoms. The molecular weight excluding hydrogens is 355 g/mol. The van der Waals surface area contributed by atoms with Crippen molar-refractivity contribution in [1.29, 1.82) is 0 Å². The summed E-state index contributed by atoms with van der Waals surface area (Å²) in [5.41, 5.74) is 3.62. The summed E-state index contributed by atoms with van der Waals surface area (Å²) in [6.45, 7) is 0.348. The van der Waals surface area contributed by atoms with E-state index in [1.807, 2.05) is 72.8 Å². The first kappa shape index (κ1) is 16.0. The normalized spacial score (nSPS) is 11.0. The molecule has 0 fully saturated rings. The van der Waals surface area contributed by atoms with E-state index in [9.17, 15) is 0 Å². The van der Waals surface area contributed by atoms with Crippen LogP contribution in [0, 0.1) is 0 Å². The summed E-state index contributed by atoms with van der Waals surface area (Å²) in [7, 11) is 0. The highest BCUT2D eigenvalue weighted by Crippen LogP contribution is 2.25. The van der Waals surface area contributed by atoms with Gasteiger partial charge in [-0.05, 0) is 42.5 Å². The molecule has 0 spiro atoms. The number of aromatic nitrogens is 2. The zero-order valence-electron chi connectivity index (χ0n) is 13.2. The van der Waals surface area contributed by atoms with Gasteiger partial charge in [0.2, 0.25) is 0 Å². The maximum Gasteiger partial charge on any atom is 0.176 e. The van der Waals surface area contributed by atoms with E-state index in [4.69, 9.17) is 33.0 Å². The number of hydrogen-bond acceptors (Lipinski definition) is 2. The van der Waals surface area contributed by atoms with Crippen LogP contribution in [0.25, 0.3) is 22.4 Å². The minimum Gasteiger partial charge on any atom is -0.407 e. The fourth-order valence-corrected chi connectivity index (χ4v) is 2.98. The van der Waals surface area contributed by atoms with Gasteiger partial charge in [0.1, 0.15) is 12.1 Å². The van der Waals surface area contributed by atoms with Crippen molar-refractivity contribution in [3.63, 3.8) is 0 Å².